The lowest BCUT2D eigenvalue weighted by atomic mass is 9.69. The summed E-state index contributed by atoms with van der Waals surface area (Å²) in [5.74, 6) is 0.796. The molecule has 2 rings (SSSR count). The van der Waals surface area contributed by atoms with Gasteiger partial charge in [-0.3, -0.25) is 4.90 Å². The van der Waals surface area contributed by atoms with Gasteiger partial charge >= 0.3 is 0 Å². The normalized spacial score (nSPS) is 40.7. The van der Waals surface area contributed by atoms with Gasteiger partial charge in [-0.25, -0.2) is 0 Å². The Hall–Kier alpha value is -0.160. The minimum absolute atomic E-state index is 0.331. The standard InChI is InChI=1S/C15H30N2O2/c1-3-16-10-15(6-4-5-12(2)7-15)11-17-8-13(18)14(19)9-17/h12-14,16,18-19H,3-11H2,1-2H3. The highest BCUT2D eigenvalue weighted by Crippen LogP contribution is 2.40. The van der Waals surface area contributed by atoms with Crippen molar-refractivity contribution in [2.24, 2.45) is 11.3 Å². The van der Waals surface area contributed by atoms with Gasteiger partial charge in [0.05, 0.1) is 12.2 Å². The molecular formula is C15H30N2O2. The van der Waals surface area contributed by atoms with E-state index in [0.29, 0.717) is 18.5 Å². The fraction of sp³-hybridized carbons (Fsp3) is 1.00. The van der Waals surface area contributed by atoms with Gasteiger partial charge in [-0.1, -0.05) is 26.7 Å². The Morgan fingerprint density at radius 1 is 1.26 bits per heavy atom. The first-order valence-corrected chi connectivity index (χ1v) is 7.84. The minimum Gasteiger partial charge on any atom is -0.389 e. The highest BCUT2D eigenvalue weighted by molar-refractivity contribution is 4.93. The smallest absolute Gasteiger partial charge is 0.0938 e. The molecule has 0 spiro atoms. The van der Waals surface area contributed by atoms with Crippen LogP contribution in [0, 0.1) is 11.3 Å². The fourth-order valence-electron chi connectivity index (χ4n) is 3.97. The molecular weight excluding hydrogens is 240 g/mol. The van der Waals surface area contributed by atoms with E-state index < -0.39 is 12.2 Å². The fourth-order valence-corrected chi connectivity index (χ4v) is 3.97. The maximum Gasteiger partial charge on any atom is 0.0938 e. The summed E-state index contributed by atoms with van der Waals surface area (Å²) in [6.45, 7) is 8.86. The third-order valence-electron chi connectivity index (χ3n) is 4.83. The van der Waals surface area contributed by atoms with E-state index in [0.717, 1.165) is 25.6 Å². The zero-order valence-electron chi connectivity index (χ0n) is 12.4. The van der Waals surface area contributed by atoms with Gasteiger partial charge in [0.25, 0.3) is 0 Å². The van der Waals surface area contributed by atoms with Crippen LogP contribution in [0.25, 0.3) is 0 Å². The highest BCUT2D eigenvalue weighted by Gasteiger charge is 2.39. The second kappa shape index (κ2) is 6.53. The number of nitrogens with zero attached hydrogens (tertiary/aromatic N) is 1. The van der Waals surface area contributed by atoms with Crippen molar-refractivity contribution < 1.29 is 10.2 Å². The van der Waals surface area contributed by atoms with Crippen LogP contribution in [0.1, 0.15) is 39.5 Å². The van der Waals surface area contributed by atoms with Crippen LogP contribution in [0.15, 0.2) is 0 Å². The summed E-state index contributed by atoms with van der Waals surface area (Å²) in [6.07, 6.45) is 4.08. The monoisotopic (exact) mass is 270 g/mol. The summed E-state index contributed by atoms with van der Waals surface area (Å²) >= 11 is 0. The lowest BCUT2D eigenvalue weighted by Gasteiger charge is -2.42. The molecule has 0 aromatic carbocycles. The maximum atomic E-state index is 9.70. The van der Waals surface area contributed by atoms with E-state index in [1.807, 2.05) is 0 Å². The number of likely N-dealkylation sites (tertiary alicyclic amines) is 1. The number of rotatable bonds is 5. The lowest BCUT2D eigenvalue weighted by molar-refractivity contribution is 0.0572. The molecule has 0 bridgehead atoms. The van der Waals surface area contributed by atoms with Crippen LogP contribution < -0.4 is 5.32 Å². The minimum atomic E-state index is -0.558. The molecule has 19 heavy (non-hydrogen) atoms. The molecule has 2 aliphatic rings. The van der Waals surface area contributed by atoms with Crippen LogP contribution in [-0.4, -0.2) is 60.0 Å². The molecule has 112 valence electrons. The second-order valence-corrected chi connectivity index (χ2v) is 6.81. The molecule has 3 N–H and O–H groups in total. The van der Waals surface area contributed by atoms with Crippen LogP contribution in [0.4, 0.5) is 0 Å². The average Bonchev–Trinajstić information content (AvgIpc) is 2.65. The molecule has 4 heteroatoms. The van der Waals surface area contributed by atoms with Crippen LogP contribution >= 0.6 is 0 Å². The van der Waals surface area contributed by atoms with Crippen molar-refractivity contribution in [3.05, 3.63) is 0 Å². The van der Waals surface area contributed by atoms with Crippen molar-refractivity contribution >= 4 is 0 Å². The summed E-state index contributed by atoms with van der Waals surface area (Å²) in [4.78, 5) is 2.25. The van der Waals surface area contributed by atoms with Gasteiger partial charge in [-0.15, -0.1) is 0 Å². The molecule has 4 atom stereocenters. The molecule has 1 aliphatic carbocycles. The topological polar surface area (TPSA) is 55.7 Å². The summed E-state index contributed by atoms with van der Waals surface area (Å²) in [5.41, 5.74) is 0.331. The number of hydrogen-bond donors (Lipinski definition) is 3. The second-order valence-electron chi connectivity index (χ2n) is 6.81. The Morgan fingerprint density at radius 3 is 2.53 bits per heavy atom. The van der Waals surface area contributed by atoms with Crippen molar-refractivity contribution in [3.8, 4) is 0 Å². The van der Waals surface area contributed by atoms with E-state index in [2.05, 4.69) is 24.1 Å². The Bertz CT molecular complexity index is 277. The molecule has 0 aromatic rings. The van der Waals surface area contributed by atoms with E-state index in [4.69, 9.17) is 0 Å². The molecule has 0 amide bonds. The number of aliphatic hydroxyl groups is 2. The SMILES string of the molecule is CCNCC1(CN2CC(O)C(O)C2)CCCC(C)C1. The van der Waals surface area contributed by atoms with Crippen LogP contribution in [0.3, 0.4) is 0 Å². The molecule has 2 fully saturated rings. The number of aliphatic hydroxyl groups excluding tert-OH is 2. The van der Waals surface area contributed by atoms with Gasteiger partial charge in [0.1, 0.15) is 0 Å². The predicted octanol–water partition coefficient (Wildman–Crippen LogP) is 0.830. The maximum absolute atomic E-state index is 9.70. The third kappa shape index (κ3) is 3.91. The van der Waals surface area contributed by atoms with E-state index >= 15 is 0 Å². The average molecular weight is 270 g/mol. The number of hydrogen-bond acceptors (Lipinski definition) is 4. The van der Waals surface area contributed by atoms with Crippen LogP contribution in [0.5, 0.6) is 0 Å². The molecule has 0 aromatic heterocycles. The third-order valence-corrected chi connectivity index (χ3v) is 4.83. The zero-order valence-corrected chi connectivity index (χ0v) is 12.4. The molecule has 1 heterocycles. The first-order valence-electron chi connectivity index (χ1n) is 7.84. The molecule has 4 unspecified atom stereocenters. The summed E-state index contributed by atoms with van der Waals surface area (Å²) in [6, 6.07) is 0. The number of nitrogens with one attached hydrogen (secondary N) is 1. The lowest BCUT2D eigenvalue weighted by Crippen LogP contribution is -2.46. The molecule has 4 nitrogen and oxygen atoms in total. The summed E-state index contributed by atoms with van der Waals surface area (Å²) in [7, 11) is 0. The van der Waals surface area contributed by atoms with Crippen molar-refractivity contribution in [1.29, 1.82) is 0 Å². The number of β-amino-alcohol motifs (C(OH)–C–C–N with tert-alkyl or cyclic N) is 2. The van der Waals surface area contributed by atoms with Gasteiger partial charge in [0.15, 0.2) is 0 Å². The summed E-state index contributed by atoms with van der Waals surface area (Å²) < 4.78 is 0. The van der Waals surface area contributed by atoms with Gasteiger partial charge in [-0.05, 0) is 30.7 Å². The van der Waals surface area contributed by atoms with E-state index in [1.165, 1.54) is 25.7 Å². The van der Waals surface area contributed by atoms with Crippen molar-refractivity contribution in [3.63, 3.8) is 0 Å². The predicted molar refractivity (Wildman–Crippen MR) is 77.1 cm³/mol. The Kier molecular flexibility index (Phi) is 5.23. The Labute approximate surface area is 117 Å². The van der Waals surface area contributed by atoms with Gasteiger partial charge < -0.3 is 15.5 Å². The highest BCUT2D eigenvalue weighted by atomic mass is 16.3. The largest absolute Gasteiger partial charge is 0.389 e. The van der Waals surface area contributed by atoms with Crippen molar-refractivity contribution in [2.75, 3.05) is 32.7 Å². The van der Waals surface area contributed by atoms with Crippen molar-refractivity contribution in [1.82, 2.24) is 10.2 Å². The first kappa shape index (κ1) is 15.2. The van der Waals surface area contributed by atoms with Crippen molar-refractivity contribution in [2.45, 2.75) is 51.7 Å². The molecule has 1 saturated heterocycles. The molecule has 0 radical (unpaired) electrons. The van der Waals surface area contributed by atoms with E-state index in [-0.39, 0.29) is 0 Å². The molecule has 1 saturated carbocycles. The van der Waals surface area contributed by atoms with Crippen LogP contribution in [0.2, 0.25) is 0 Å². The first-order chi connectivity index (χ1) is 9.04. The summed E-state index contributed by atoms with van der Waals surface area (Å²) in [5, 5.41) is 22.9. The van der Waals surface area contributed by atoms with Gasteiger partial charge in [0.2, 0.25) is 0 Å². The zero-order chi connectivity index (χ0) is 13.9. The van der Waals surface area contributed by atoms with E-state index in [1.54, 1.807) is 0 Å². The Morgan fingerprint density at radius 2 is 1.95 bits per heavy atom. The quantitative estimate of drug-likeness (QED) is 0.693. The van der Waals surface area contributed by atoms with Gasteiger partial charge in [0, 0.05) is 26.2 Å². The van der Waals surface area contributed by atoms with Gasteiger partial charge in [-0.2, -0.15) is 0 Å². The molecule has 1 aliphatic heterocycles. The van der Waals surface area contributed by atoms with E-state index in [9.17, 15) is 10.2 Å². The van der Waals surface area contributed by atoms with Crippen LogP contribution in [-0.2, 0) is 0 Å². The Balaban J connectivity index is 1.97.